The van der Waals surface area contributed by atoms with Crippen molar-refractivity contribution in [3.8, 4) is 6.07 Å². The van der Waals surface area contributed by atoms with Crippen LogP contribution >= 0.6 is 0 Å². The fourth-order valence-electron chi connectivity index (χ4n) is 0.931. The van der Waals surface area contributed by atoms with Gasteiger partial charge in [-0.2, -0.15) is 5.26 Å². The summed E-state index contributed by atoms with van der Waals surface area (Å²) in [6.07, 6.45) is 0. The number of sulfone groups is 1. The van der Waals surface area contributed by atoms with Gasteiger partial charge in [0.25, 0.3) is 0 Å². The topological polar surface area (TPSA) is 84.0 Å². The predicted octanol–water partition coefficient (Wildman–Crippen LogP) is 0.955. The summed E-state index contributed by atoms with van der Waals surface area (Å²) in [4.78, 5) is 0.126. The van der Waals surface area contributed by atoms with Gasteiger partial charge in [-0.05, 0) is 31.2 Å². The highest BCUT2D eigenvalue weighted by Crippen LogP contribution is 2.16. The summed E-state index contributed by atoms with van der Waals surface area (Å²) in [5, 5.41) is 7.50. The van der Waals surface area contributed by atoms with Crippen molar-refractivity contribution in [3.63, 3.8) is 0 Å². The van der Waals surface area contributed by atoms with Crippen LogP contribution in [-0.4, -0.2) is 13.7 Å². The summed E-state index contributed by atoms with van der Waals surface area (Å²) in [6, 6.07) is 7.50. The Bertz CT molecular complexity index is 457. The zero-order valence-corrected chi connectivity index (χ0v) is 8.45. The summed E-state index contributed by atoms with van der Waals surface area (Å²) in [5.41, 5.74) is 5.91. The van der Waals surface area contributed by atoms with Gasteiger partial charge in [0.05, 0.1) is 11.0 Å². The Morgan fingerprint density at radius 2 is 1.86 bits per heavy atom. The fourth-order valence-corrected chi connectivity index (χ4v) is 1.99. The molecule has 0 aliphatic carbocycles. The summed E-state index contributed by atoms with van der Waals surface area (Å²) in [6.45, 7) is 1.35. The number of hydrogen-bond acceptors (Lipinski definition) is 4. The largest absolute Gasteiger partial charge is 0.399 e. The lowest BCUT2D eigenvalue weighted by Gasteiger charge is -2.05. The van der Waals surface area contributed by atoms with Crippen molar-refractivity contribution >= 4 is 15.5 Å². The average Bonchev–Trinajstić information content (AvgIpc) is 2.17. The minimum atomic E-state index is -3.52. The first kappa shape index (κ1) is 10.5. The maximum absolute atomic E-state index is 11.6. The van der Waals surface area contributed by atoms with Gasteiger partial charge in [0, 0.05) is 5.69 Å². The van der Waals surface area contributed by atoms with Crippen molar-refractivity contribution in [2.24, 2.45) is 0 Å². The highest BCUT2D eigenvalue weighted by atomic mass is 32.2. The molecule has 4 nitrogen and oxygen atoms in total. The van der Waals surface area contributed by atoms with E-state index >= 15 is 0 Å². The molecule has 2 N–H and O–H groups in total. The Balaban J connectivity index is 3.19. The first-order valence-corrected chi connectivity index (χ1v) is 5.52. The molecule has 0 aromatic heterocycles. The van der Waals surface area contributed by atoms with Crippen LogP contribution in [0.5, 0.6) is 0 Å². The van der Waals surface area contributed by atoms with Crippen LogP contribution < -0.4 is 5.73 Å². The van der Waals surface area contributed by atoms with Gasteiger partial charge >= 0.3 is 0 Å². The molecule has 0 aliphatic rings. The quantitative estimate of drug-likeness (QED) is 0.737. The van der Waals surface area contributed by atoms with Crippen molar-refractivity contribution in [2.45, 2.75) is 17.1 Å². The Labute approximate surface area is 82.9 Å². The average molecular weight is 210 g/mol. The van der Waals surface area contributed by atoms with E-state index in [0.29, 0.717) is 5.69 Å². The van der Waals surface area contributed by atoms with E-state index in [0.717, 1.165) is 0 Å². The summed E-state index contributed by atoms with van der Waals surface area (Å²) < 4.78 is 23.2. The third kappa shape index (κ3) is 1.86. The number of anilines is 1. The number of hydrogen-bond donors (Lipinski definition) is 1. The normalized spacial score (nSPS) is 13.1. The minimum absolute atomic E-state index is 0.126. The molecule has 14 heavy (non-hydrogen) atoms. The maximum atomic E-state index is 11.6. The first-order valence-electron chi connectivity index (χ1n) is 3.97. The van der Waals surface area contributed by atoms with Crippen molar-refractivity contribution < 1.29 is 8.42 Å². The molecule has 0 saturated heterocycles. The maximum Gasteiger partial charge on any atom is 0.194 e. The summed E-state index contributed by atoms with van der Waals surface area (Å²) in [7, 11) is -3.52. The summed E-state index contributed by atoms with van der Waals surface area (Å²) >= 11 is 0. The second-order valence-electron chi connectivity index (χ2n) is 2.89. The van der Waals surface area contributed by atoms with E-state index in [2.05, 4.69) is 0 Å². The zero-order valence-electron chi connectivity index (χ0n) is 7.64. The van der Waals surface area contributed by atoms with E-state index in [-0.39, 0.29) is 4.90 Å². The van der Waals surface area contributed by atoms with Gasteiger partial charge in [-0.1, -0.05) is 0 Å². The standard InChI is InChI=1S/C9H10N2O2S/c1-7(6-10)14(12,13)9-4-2-8(11)3-5-9/h2-5,7H,11H2,1H3/t7-/m0/s1. The van der Waals surface area contributed by atoms with Crippen molar-refractivity contribution in [1.29, 1.82) is 5.26 Å². The monoisotopic (exact) mass is 210 g/mol. The highest BCUT2D eigenvalue weighted by Gasteiger charge is 2.22. The van der Waals surface area contributed by atoms with Gasteiger partial charge in [0.2, 0.25) is 0 Å². The van der Waals surface area contributed by atoms with Gasteiger partial charge < -0.3 is 5.73 Å². The number of nitrogen functional groups attached to an aromatic ring is 1. The molecular weight excluding hydrogens is 200 g/mol. The van der Waals surface area contributed by atoms with E-state index in [1.807, 2.05) is 0 Å². The number of benzene rings is 1. The second-order valence-corrected chi connectivity index (χ2v) is 5.15. The van der Waals surface area contributed by atoms with E-state index in [1.54, 1.807) is 6.07 Å². The third-order valence-corrected chi connectivity index (χ3v) is 3.82. The SMILES string of the molecule is C[C@@H](C#N)S(=O)(=O)c1ccc(N)cc1. The highest BCUT2D eigenvalue weighted by molar-refractivity contribution is 7.92. The lowest BCUT2D eigenvalue weighted by atomic mass is 10.3. The molecule has 1 atom stereocenters. The Kier molecular flexibility index (Phi) is 2.77. The van der Waals surface area contributed by atoms with E-state index in [1.165, 1.54) is 31.2 Å². The van der Waals surface area contributed by atoms with Gasteiger partial charge in [-0.15, -0.1) is 0 Å². The number of nitrogens with zero attached hydrogens (tertiary/aromatic N) is 1. The van der Waals surface area contributed by atoms with Crippen LogP contribution in [0.1, 0.15) is 6.92 Å². The third-order valence-electron chi connectivity index (χ3n) is 1.86. The lowest BCUT2D eigenvalue weighted by Crippen LogP contribution is -2.15. The molecule has 0 spiro atoms. The smallest absolute Gasteiger partial charge is 0.194 e. The van der Waals surface area contributed by atoms with E-state index < -0.39 is 15.1 Å². The molecule has 0 unspecified atom stereocenters. The second kappa shape index (κ2) is 3.68. The van der Waals surface area contributed by atoms with Crippen molar-refractivity contribution in [2.75, 3.05) is 5.73 Å². The van der Waals surface area contributed by atoms with Crippen LogP contribution in [-0.2, 0) is 9.84 Å². The number of nitriles is 1. The molecule has 0 saturated carbocycles. The zero-order chi connectivity index (χ0) is 10.8. The predicted molar refractivity (Wildman–Crippen MR) is 53.1 cm³/mol. The molecule has 1 rings (SSSR count). The van der Waals surface area contributed by atoms with Crippen LogP contribution in [0.15, 0.2) is 29.2 Å². The summed E-state index contributed by atoms with van der Waals surface area (Å²) in [5.74, 6) is 0. The molecular formula is C9H10N2O2S. The lowest BCUT2D eigenvalue weighted by molar-refractivity contribution is 0.592. The molecule has 5 heteroatoms. The molecule has 1 aromatic carbocycles. The molecule has 0 fully saturated rings. The van der Waals surface area contributed by atoms with Crippen LogP contribution in [0.3, 0.4) is 0 Å². The fraction of sp³-hybridized carbons (Fsp3) is 0.222. The minimum Gasteiger partial charge on any atom is -0.399 e. The van der Waals surface area contributed by atoms with Gasteiger partial charge in [-0.25, -0.2) is 8.42 Å². The van der Waals surface area contributed by atoms with Crippen LogP contribution in [0.2, 0.25) is 0 Å². The molecule has 0 amide bonds. The van der Waals surface area contributed by atoms with Crippen LogP contribution in [0.4, 0.5) is 5.69 Å². The molecule has 0 heterocycles. The van der Waals surface area contributed by atoms with E-state index in [4.69, 9.17) is 11.0 Å². The Morgan fingerprint density at radius 1 is 1.36 bits per heavy atom. The van der Waals surface area contributed by atoms with Crippen LogP contribution in [0.25, 0.3) is 0 Å². The first-order chi connectivity index (χ1) is 6.48. The molecule has 0 aliphatic heterocycles. The Hall–Kier alpha value is -1.54. The molecule has 0 bridgehead atoms. The van der Waals surface area contributed by atoms with Gasteiger partial charge in [0.15, 0.2) is 9.84 Å². The Morgan fingerprint density at radius 3 is 2.29 bits per heavy atom. The number of nitrogens with two attached hydrogens (primary N) is 1. The van der Waals surface area contributed by atoms with Crippen LogP contribution in [0, 0.1) is 11.3 Å². The van der Waals surface area contributed by atoms with Crippen molar-refractivity contribution in [3.05, 3.63) is 24.3 Å². The molecule has 0 radical (unpaired) electrons. The molecule has 1 aromatic rings. The van der Waals surface area contributed by atoms with Gasteiger partial charge in [-0.3, -0.25) is 0 Å². The number of rotatable bonds is 2. The molecule has 74 valence electrons. The van der Waals surface area contributed by atoms with Crippen molar-refractivity contribution in [1.82, 2.24) is 0 Å². The van der Waals surface area contributed by atoms with Gasteiger partial charge in [0.1, 0.15) is 5.25 Å². The van der Waals surface area contributed by atoms with E-state index in [9.17, 15) is 8.42 Å².